The van der Waals surface area contributed by atoms with Crippen LogP contribution in [0.4, 0.5) is 10.9 Å². The third kappa shape index (κ3) is 3.47. The molecule has 0 aliphatic rings. The van der Waals surface area contributed by atoms with Crippen molar-refractivity contribution in [2.45, 2.75) is 20.3 Å². The van der Waals surface area contributed by atoms with Gasteiger partial charge in [0.2, 0.25) is 5.13 Å². The molecular weight excluding hydrogens is 262 g/mol. The van der Waals surface area contributed by atoms with Gasteiger partial charge in [-0.1, -0.05) is 6.92 Å². The third-order valence-electron chi connectivity index (χ3n) is 2.34. The normalized spacial score (nSPS) is 10.2. The monoisotopic (exact) mass is 277 g/mol. The molecule has 19 heavy (non-hydrogen) atoms. The van der Waals surface area contributed by atoms with Crippen LogP contribution in [-0.4, -0.2) is 26.8 Å². The Hall–Kier alpha value is -2.02. The largest absolute Gasteiger partial charge is 0.369 e. The van der Waals surface area contributed by atoms with E-state index >= 15 is 0 Å². The maximum atomic E-state index is 12.2. The van der Waals surface area contributed by atoms with Crippen molar-refractivity contribution in [3.05, 3.63) is 29.7 Å². The number of amides is 1. The predicted molar refractivity (Wildman–Crippen MR) is 75.6 cm³/mol. The zero-order chi connectivity index (χ0) is 13.7. The minimum absolute atomic E-state index is 0.233. The summed E-state index contributed by atoms with van der Waals surface area (Å²) in [5, 5.41) is 6.35. The molecule has 2 aromatic rings. The molecule has 0 aromatic carbocycles. The highest BCUT2D eigenvalue weighted by atomic mass is 32.1. The highest BCUT2D eigenvalue weighted by Crippen LogP contribution is 2.16. The number of pyridine rings is 1. The van der Waals surface area contributed by atoms with Gasteiger partial charge in [0.1, 0.15) is 11.6 Å². The van der Waals surface area contributed by atoms with Gasteiger partial charge in [0, 0.05) is 24.3 Å². The molecule has 2 N–H and O–H groups in total. The van der Waals surface area contributed by atoms with Crippen LogP contribution in [0.15, 0.2) is 18.3 Å². The molecular formula is C12H15N5OS. The van der Waals surface area contributed by atoms with E-state index in [0.29, 0.717) is 22.3 Å². The fourth-order valence-corrected chi connectivity index (χ4v) is 2.06. The smallest absolute Gasteiger partial charge is 0.261 e. The minimum Gasteiger partial charge on any atom is -0.369 e. The van der Waals surface area contributed by atoms with E-state index in [1.165, 1.54) is 0 Å². The first kappa shape index (κ1) is 13.4. The van der Waals surface area contributed by atoms with E-state index in [1.54, 1.807) is 25.3 Å². The van der Waals surface area contributed by atoms with Gasteiger partial charge < -0.3 is 5.32 Å². The van der Waals surface area contributed by atoms with Crippen molar-refractivity contribution in [2.75, 3.05) is 17.2 Å². The van der Waals surface area contributed by atoms with Crippen molar-refractivity contribution in [1.29, 1.82) is 0 Å². The molecule has 0 spiro atoms. The molecule has 6 nitrogen and oxygen atoms in total. The third-order valence-corrected chi connectivity index (χ3v) is 3.06. The van der Waals surface area contributed by atoms with Crippen molar-refractivity contribution in [1.82, 2.24) is 14.3 Å². The zero-order valence-electron chi connectivity index (χ0n) is 10.8. The van der Waals surface area contributed by atoms with Gasteiger partial charge in [-0.25, -0.2) is 9.97 Å². The van der Waals surface area contributed by atoms with Gasteiger partial charge in [-0.2, -0.15) is 4.37 Å². The maximum Gasteiger partial charge on any atom is 0.261 e. The van der Waals surface area contributed by atoms with Gasteiger partial charge in [-0.3, -0.25) is 10.1 Å². The molecule has 0 bridgehead atoms. The SMILES string of the molecule is CCCNc1ncccc1C(=O)Nc1nc(C)ns1. The van der Waals surface area contributed by atoms with Gasteiger partial charge in [0.15, 0.2) is 0 Å². The van der Waals surface area contributed by atoms with E-state index in [4.69, 9.17) is 0 Å². The summed E-state index contributed by atoms with van der Waals surface area (Å²) in [5.41, 5.74) is 0.504. The summed E-state index contributed by atoms with van der Waals surface area (Å²) in [6.45, 7) is 4.61. The summed E-state index contributed by atoms with van der Waals surface area (Å²) < 4.78 is 4.02. The molecule has 100 valence electrons. The standard InChI is InChI=1S/C12H15N5OS/c1-3-6-13-10-9(5-4-7-14-10)11(18)16-12-15-8(2)17-19-12/h4-5,7H,3,6H2,1-2H3,(H,13,14)(H,15,16,17,18). The Morgan fingerprint density at radius 2 is 2.32 bits per heavy atom. The Kier molecular flexibility index (Phi) is 4.40. The summed E-state index contributed by atoms with van der Waals surface area (Å²) in [5.74, 6) is 1.00. The van der Waals surface area contributed by atoms with Gasteiger partial charge in [0.05, 0.1) is 5.56 Å². The Balaban J connectivity index is 2.14. The molecule has 0 aliphatic carbocycles. The Labute approximate surface area is 115 Å². The van der Waals surface area contributed by atoms with Crippen LogP contribution in [0.5, 0.6) is 0 Å². The number of carbonyl (C=O) groups is 1. The number of rotatable bonds is 5. The van der Waals surface area contributed by atoms with E-state index in [9.17, 15) is 4.79 Å². The van der Waals surface area contributed by atoms with Crippen molar-refractivity contribution >= 4 is 28.4 Å². The quantitative estimate of drug-likeness (QED) is 0.876. The first-order valence-corrected chi connectivity index (χ1v) is 6.78. The molecule has 0 saturated heterocycles. The number of nitrogens with one attached hydrogen (secondary N) is 2. The lowest BCUT2D eigenvalue weighted by Crippen LogP contribution is -2.16. The van der Waals surface area contributed by atoms with E-state index < -0.39 is 0 Å². The average Bonchev–Trinajstić information content (AvgIpc) is 2.82. The van der Waals surface area contributed by atoms with Crippen molar-refractivity contribution in [2.24, 2.45) is 0 Å². The number of aromatic nitrogens is 3. The lowest BCUT2D eigenvalue weighted by atomic mass is 10.2. The zero-order valence-corrected chi connectivity index (χ0v) is 11.6. The van der Waals surface area contributed by atoms with Crippen LogP contribution in [0.2, 0.25) is 0 Å². The number of carbonyl (C=O) groups excluding carboxylic acids is 1. The number of anilines is 2. The lowest BCUT2D eigenvalue weighted by molar-refractivity contribution is 0.102. The molecule has 2 rings (SSSR count). The minimum atomic E-state index is -0.233. The van der Waals surface area contributed by atoms with Crippen LogP contribution >= 0.6 is 11.5 Å². The van der Waals surface area contributed by atoms with Crippen molar-refractivity contribution < 1.29 is 4.79 Å². The summed E-state index contributed by atoms with van der Waals surface area (Å²) in [6, 6.07) is 3.46. The second-order valence-corrected chi connectivity index (χ2v) is 4.68. The predicted octanol–water partition coefficient (Wildman–Crippen LogP) is 2.32. The van der Waals surface area contributed by atoms with Gasteiger partial charge in [0.25, 0.3) is 5.91 Å². The topological polar surface area (TPSA) is 79.8 Å². The van der Waals surface area contributed by atoms with Crippen LogP contribution in [0.1, 0.15) is 29.5 Å². The maximum absolute atomic E-state index is 12.2. The van der Waals surface area contributed by atoms with Crippen molar-refractivity contribution in [3.63, 3.8) is 0 Å². The van der Waals surface area contributed by atoms with Crippen molar-refractivity contribution in [3.8, 4) is 0 Å². The van der Waals surface area contributed by atoms with Gasteiger partial charge >= 0.3 is 0 Å². The van der Waals surface area contributed by atoms with Gasteiger partial charge in [-0.15, -0.1) is 0 Å². The Morgan fingerprint density at radius 1 is 1.47 bits per heavy atom. The molecule has 0 fully saturated rings. The second kappa shape index (κ2) is 6.24. The first-order chi connectivity index (χ1) is 9.20. The van der Waals surface area contributed by atoms with E-state index in [-0.39, 0.29) is 5.91 Å². The molecule has 1 amide bonds. The average molecular weight is 277 g/mol. The first-order valence-electron chi connectivity index (χ1n) is 6.01. The molecule has 0 radical (unpaired) electrons. The summed E-state index contributed by atoms with van der Waals surface area (Å²) in [4.78, 5) is 20.4. The number of hydrogen-bond acceptors (Lipinski definition) is 6. The molecule has 2 heterocycles. The Morgan fingerprint density at radius 3 is 3.00 bits per heavy atom. The van der Waals surface area contributed by atoms with Crippen LogP contribution in [0.25, 0.3) is 0 Å². The van der Waals surface area contributed by atoms with E-state index in [0.717, 1.165) is 24.5 Å². The second-order valence-electron chi connectivity index (χ2n) is 3.93. The summed E-state index contributed by atoms with van der Waals surface area (Å²) in [7, 11) is 0. The van der Waals surface area contributed by atoms with Crippen LogP contribution in [-0.2, 0) is 0 Å². The molecule has 0 saturated carbocycles. The van der Waals surface area contributed by atoms with Crippen LogP contribution < -0.4 is 10.6 Å². The molecule has 2 aromatic heterocycles. The van der Waals surface area contributed by atoms with E-state index in [1.807, 2.05) is 0 Å². The molecule has 0 unspecified atom stereocenters. The number of nitrogens with zero attached hydrogens (tertiary/aromatic N) is 3. The summed E-state index contributed by atoms with van der Waals surface area (Å²) >= 11 is 1.16. The fraction of sp³-hybridized carbons (Fsp3) is 0.333. The molecule has 0 aliphatic heterocycles. The molecule has 7 heteroatoms. The number of aryl methyl sites for hydroxylation is 1. The van der Waals surface area contributed by atoms with E-state index in [2.05, 4.69) is 31.9 Å². The summed E-state index contributed by atoms with van der Waals surface area (Å²) in [6.07, 6.45) is 2.62. The molecule has 0 atom stereocenters. The van der Waals surface area contributed by atoms with Crippen LogP contribution in [0.3, 0.4) is 0 Å². The highest BCUT2D eigenvalue weighted by Gasteiger charge is 2.13. The van der Waals surface area contributed by atoms with Crippen LogP contribution in [0, 0.1) is 6.92 Å². The fourth-order valence-electron chi connectivity index (χ4n) is 1.49. The van der Waals surface area contributed by atoms with Gasteiger partial charge in [-0.05, 0) is 25.5 Å². The lowest BCUT2D eigenvalue weighted by Gasteiger charge is -2.08. The number of hydrogen-bond donors (Lipinski definition) is 2. The highest BCUT2D eigenvalue weighted by molar-refractivity contribution is 7.09. The Bertz CT molecular complexity index is 569.